The van der Waals surface area contributed by atoms with Gasteiger partial charge < -0.3 is 29.5 Å². The van der Waals surface area contributed by atoms with Crippen molar-refractivity contribution >= 4 is 41.9 Å². The van der Waals surface area contributed by atoms with Crippen LogP contribution in [-0.4, -0.2) is 84.7 Å². The lowest BCUT2D eigenvalue weighted by molar-refractivity contribution is -0.145. The van der Waals surface area contributed by atoms with Crippen LogP contribution < -0.4 is 27.0 Å². The number of carboxylic acid groups (broad SMARTS) is 1. The zero-order valence-electron chi connectivity index (χ0n) is 29.3. The van der Waals surface area contributed by atoms with Crippen LogP contribution >= 0.6 is 0 Å². The average molecular weight is 774 g/mol. The Labute approximate surface area is 312 Å². The zero-order valence-corrected chi connectivity index (χ0v) is 29.3. The average Bonchev–Trinajstić information content (AvgIpc) is 3.17. The number of carboxylic acids is 1. The van der Waals surface area contributed by atoms with Crippen LogP contribution in [0.15, 0.2) is 89.9 Å². The fraction of sp³-hybridized carbons (Fsp3) is 0.286. The van der Waals surface area contributed by atoms with Gasteiger partial charge in [-0.05, 0) is 48.2 Å². The van der Waals surface area contributed by atoms with E-state index in [1.165, 1.54) is 0 Å². The quantitative estimate of drug-likeness (QED) is 0.0328. The van der Waals surface area contributed by atoms with E-state index in [0.717, 1.165) is 30.4 Å². The monoisotopic (exact) mass is 773 g/mol. The first kappa shape index (κ1) is 42.6. The molecule has 0 saturated heterocycles. The summed E-state index contributed by atoms with van der Waals surface area (Å²) < 4.78 is 53.9. The maximum Gasteiger partial charge on any atom is 0.426 e. The minimum Gasteiger partial charge on any atom is -0.480 e. The van der Waals surface area contributed by atoms with E-state index in [1.807, 2.05) is 0 Å². The van der Waals surface area contributed by atoms with Gasteiger partial charge in [-0.25, -0.2) is 25.2 Å². The van der Waals surface area contributed by atoms with E-state index in [2.05, 4.69) is 32.0 Å². The number of esters is 1. The van der Waals surface area contributed by atoms with E-state index in [4.69, 9.17) is 14.2 Å². The summed E-state index contributed by atoms with van der Waals surface area (Å²) >= 11 is 0. The molecule has 0 spiro atoms. The summed E-state index contributed by atoms with van der Waals surface area (Å²) in [6.07, 6.45) is -6.49. The first-order chi connectivity index (χ1) is 26.2. The molecule has 0 fully saturated rings. The highest BCUT2D eigenvalue weighted by Crippen LogP contribution is 2.29. The molecule has 6 N–H and O–H groups in total. The smallest absolute Gasteiger partial charge is 0.426 e. The Morgan fingerprint density at radius 3 is 1.76 bits per heavy atom. The van der Waals surface area contributed by atoms with E-state index < -0.39 is 66.8 Å². The molecule has 0 heterocycles. The van der Waals surface area contributed by atoms with Gasteiger partial charge in [-0.1, -0.05) is 60.7 Å². The van der Waals surface area contributed by atoms with Gasteiger partial charge in [0.2, 0.25) is 11.9 Å². The number of nitrogens with zero attached hydrogens (tertiary/aromatic N) is 2. The third-order valence-electron chi connectivity index (χ3n) is 7.14. The highest BCUT2D eigenvalue weighted by atomic mass is 19.4. The van der Waals surface area contributed by atoms with E-state index in [9.17, 15) is 47.0 Å². The lowest BCUT2D eigenvalue weighted by atomic mass is 10.1. The molecule has 0 aromatic heterocycles. The predicted molar refractivity (Wildman–Crippen MR) is 186 cm³/mol. The molecule has 3 aromatic carbocycles. The number of carbonyl (C=O) groups excluding carboxylic acids is 5. The number of amides is 4. The largest absolute Gasteiger partial charge is 0.480 e. The maximum absolute atomic E-state index is 13.0. The van der Waals surface area contributed by atoms with Gasteiger partial charge in [-0.2, -0.15) is 13.2 Å². The molecular weight excluding hydrogens is 735 g/mol. The molecule has 0 unspecified atom stereocenters. The van der Waals surface area contributed by atoms with Crippen molar-refractivity contribution in [3.63, 3.8) is 0 Å². The fourth-order valence-electron chi connectivity index (χ4n) is 4.49. The van der Waals surface area contributed by atoms with Gasteiger partial charge in [0.05, 0.1) is 12.7 Å². The third-order valence-corrected chi connectivity index (χ3v) is 7.14. The number of rotatable bonds is 15. The molecule has 0 radical (unpaired) electrons. The standard InChI is InChI=1S/C35H38F3N7O10/c1-53-31(50)27(40-28(46)19-45(20-29(47)48)30(49)25-14-16-26(17-15-25)35(36,37)38)13-8-18-39-32(41-43-33(51)54-21-23-9-4-2-5-10-23)42-44-34(52)55-22-24-11-6-3-7-12-24/h2-7,9-12,14-17,27H,8,13,18-22H2,1H3,(H,40,46)(H,43,51)(H,44,52)(H,47,48)(H2,39,41,42)/t27-/m0/s1. The number of guanidine groups is 1. The molecule has 1 atom stereocenters. The van der Waals surface area contributed by atoms with Crippen LogP contribution in [0, 0.1) is 0 Å². The summed E-state index contributed by atoms with van der Waals surface area (Å²) in [5.41, 5.74) is 9.50. The molecule has 0 bridgehead atoms. The van der Waals surface area contributed by atoms with Crippen molar-refractivity contribution in [2.75, 3.05) is 26.7 Å². The van der Waals surface area contributed by atoms with E-state index in [1.54, 1.807) is 60.7 Å². The van der Waals surface area contributed by atoms with Crippen molar-refractivity contribution in [3.8, 4) is 0 Å². The highest BCUT2D eigenvalue weighted by Gasteiger charge is 2.31. The summed E-state index contributed by atoms with van der Waals surface area (Å²) in [4.78, 5) is 79.1. The molecule has 4 amide bonds. The number of methoxy groups -OCH3 is 1. The van der Waals surface area contributed by atoms with Gasteiger partial charge in [0.15, 0.2) is 0 Å². The lowest BCUT2D eigenvalue weighted by Gasteiger charge is -2.22. The number of carbonyl (C=O) groups is 6. The predicted octanol–water partition coefficient (Wildman–Crippen LogP) is 2.89. The van der Waals surface area contributed by atoms with Gasteiger partial charge in [0.25, 0.3) is 5.91 Å². The second kappa shape index (κ2) is 21.6. The van der Waals surface area contributed by atoms with E-state index >= 15 is 0 Å². The molecule has 20 heteroatoms. The zero-order chi connectivity index (χ0) is 40.2. The van der Waals surface area contributed by atoms with Crippen LogP contribution in [0.3, 0.4) is 0 Å². The van der Waals surface area contributed by atoms with Gasteiger partial charge in [0, 0.05) is 12.1 Å². The minimum atomic E-state index is -4.67. The van der Waals surface area contributed by atoms with Crippen molar-refractivity contribution in [2.45, 2.75) is 38.3 Å². The number of aliphatic carboxylic acids is 1. The Hall–Kier alpha value is -6.86. The fourth-order valence-corrected chi connectivity index (χ4v) is 4.49. The number of benzene rings is 3. The van der Waals surface area contributed by atoms with E-state index in [0.29, 0.717) is 17.0 Å². The Morgan fingerprint density at radius 2 is 1.29 bits per heavy atom. The topological polar surface area (TPSA) is 226 Å². The molecule has 0 aliphatic rings. The molecule has 0 saturated carbocycles. The number of nitrogens with one attached hydrogen (secondary N) is 5. The first-order valence-corrected chi connectivity index (χ1v) is 16.3. The number of alkyl halides is 3. The highest BCUT2D eigenvalue weighted by molar-refractivity contribution is 5.98. The second-order valence-corrected chi connectivity index (χ2v) is 11.3. The van der Waals surface area contributed by atoms with Gasteiger partial charge in [0.1, 0.15) is 32.3 Å². The normalized spacial score (nSPS) is 11.1. The van der Waals surface area contributed by atoms with Crippen molar-refractivity contribution in [1.29, 1.82) is 0 Å². The number of aliphatic imine (C=N–C) groups is 1. The second-order valence-electron chi connectivity index (χ2n) is 11.3. The van der Waals surface area contributed by atoms with Crippen LogP contribution in [0.2, 0.25) is 0 Å². The van der Waals surface area contributed by atoms with Crippen molar-refractivity contribution in [3.05, 3.63) is 107 Å². The van der Waals surface area contributed by atoms with Crippen LogP contribution in [-0.2, 0) is 48.0 Å². The number of halogens is 3. The Bertz CT molecular complexity index is 1720. The van der Waals surface area contributed by atoms with Crippen LogP contribution in [0.1, 0.15) is 39.9 Å². The van der Waals surface area contributed by atoms with Crippen molar-refractivity contribution < 1.29 is 61.3 Å². The van der Waals surface area contributed by atoms with Crippen LogP contribution in [0.25, 0.3) is 0 Å². The molecule has 294 valence electrons. The lowest BCUT2D eigenvalue weighted by Crippen LogP contribution is -2.53. The summed E-state index contributed by atoms with van der Waals surface area (Å²) in [5.74, 6) is -4.61. The molecule has 55 heavy (non-hydrogen) atoms. The van der Waals surface area contributed by atoms with Gasteiger partial charge in [-0.15, -0.1) is 0 Å². The van der Waals surface area contributed by atoms with Crippen molar-refractivity contribution in [1.82, 2.24) is 31.9 Å². The molecule has 0 aliphatic carbocycles. The SMILES string of the molecule is COC(=O)[C@H](CCCN=C(NNC(=O)OCc1ccccc1)NNC(=O)OCc1ccccc1)NC(=O)CN(CC(=O)O)C(=O)c1ccc(C(F)(F)F)cc1. The van der Waals surface area contributed by atoms with Crippen LogP contribution in [0.5, 0.6) is 0 Å². The summed E-state index contributed by atoms with van der Waals surface area (Å²) in [7, 11) is 1.06. The minimum absolute atomic E-state index is 0.0454. The third kappa shape index (κ3) is 15.7. The van der Waals surface area contributed by atoms with E-state index in [-0.39, 0.29) is 44.1 Å². The summed E-state index contributed by atoms with van der Waals surface area (Å²) in [5, 5.41) is 11.6. The molecule has 17 nitrogen and oxygen atoms in total. The number of ether oxygens (including phenoxy) is 3. The number of hydrogen-bond donors (Lipinski definition) is 6. The Kier molecular flexibility index (Phi) is 16.7. The molecule has 3 aromatic rings. The van der Waals surface area contributed by atoms with Gasteiger partial charge >= 0.3 is 30.3 Å². The Morgan fingerprint density at radius 1 is 0.764 bits per heavy atom. The van der Waals surface area contributed by atoms with Crippen LogP contribution in [0.4, 0.5) is 22.8 Å². The maximum atomic E-state index is 13.0. The number of hydrazine groups is 2. The van der Waals surface area contributed by atoms with Gasteiger partial charge in [-0.3, -0.25) is 30.2 Å². The Balaban J connectivity index is 1.61. The molecular formula is C35H38F3N7O10. The molecule has 3 rings (SSSR count). The first-order valence-electron chi connectivity index (χ1n) is 16.3. The number of hydrogen-bond acceptors (Lipinski definition) is 10. The van der Waals surface area contributed by atoms with Crippen molar-refractivity contribution in [2.24, 2.45) is 4.99 Å². The summed E-state index contributed by atoms with van der Waals surface area (Å²) in [6, 6.07) is 19.3. The molecule has 0 aliphatic heterocycles. The summed E-state index contributed by atoms with van der Waals surface area (Å²) in [6.45, 7) is -2.02.